The highest BCUT2D eigenvalue weighted by atomic mass is 19.1. The van der Waals surface area contributed by atoms with Crippen molar-refractivity contribution in [2.75, 3.05) is 5.73 Å². The zero-order chi connectivity index (χ0) is 18.8. The number of primary amides is 1. The van der Waals surface area contributed by atoms with Gasteiger partial charge in [0, 0.05) is 11.3 Å². The Hall–Kier alpha value is -3.14. The van der Waals surface area contributed by atoms with E-state index in [1.807, 2.05) is 50.2 Å². The highest BCUT2D eigenvalue weighted by Crippen LogP contribution is 2.38. The van der Waals surface area contributed by atoms with Gasteiger partial charge in [-0.25, -0.2) is 4.39 Å². The van der Waals surface area contributed by atoms with E-state index in [0.717, 1.165) is 27.8 Å². The van der Waals surface area contributed by atoms with Gasteiger partial charge in [0.15, 0.2) is 0 Å². The minimum absolute atomic E-state index is 0.356. The first-order chi connectivity index (χ1) is 12.4. The Balaban J connectivity index is 2.30. The van der Waals surface area contributed by atoms with E-state index in [1.165, 1.54) is 12.1 Å². The number of halogens is 1. The number of carbonyl (C=O) groups excluding carboxylic acids is 1. The lowest BCUT2D eigenvalue weighted by molar-refractivity contribution is -0.118. The summed E-state index contributed by atoms with van der Waals surface area (Å²) in [6.07, 6.45) is 0. The molecule has 132 valence electrons. The second-order valence-corrected chi connectivity index (χ2v) is 6.52. The number of nitrogens with two attached hydrogens (primary N) is 2. The molecule has 4 N–H and O–H groups in total. The predicted molar refractivity (Wildman–Crippen MR) is 103 cm³/mol. The molecule has 0 heterocycles. The molecular weight excluding hydrogens is 327 g/mol. The van der Waals surface area contributed by atoms with Crippen molar-refractivity contribution >= 4 is 11.6 Å². The molecule has 0 aliphatic carbocycles. The number of aryl methyl sites for hydroxylation is 2. The summed E-state index contributed by atoms with van der Waals surface area (Å²) in [5.74, 6) is -1.53. The van der Waals surface area contributed by atoms with Crippen molar-refractivity contribution in [1.82, 2.24) is 0 Å². The molecule has 0 aromatic heterocycles. The van der Waals surface area contributed by atoms with Crippen LogP contribution in [0.25, 0.3) is 11.1 Å². The quantitative estimate of drug-likeness (QED) is 0.690. The van der Waals surface area contributed by atoms with Gasteiger partial charge < -0.3 is 11.5 Å². The van der Waals surface area contributed by atoms with E-state index in [2.05, 4.69) is 0 Å². The van der Waals surface area contributed by atoms with Crippen LogP contribution in [0.4, 0.5) is 10.1 Å². The molecule has 0 fully saturated rings. The van der Waals surface area contributed by atoms with Crippen molar-refractivity contribution in [3.8, 4) is 11.1 Å². The SMILES string of the molecule is Cc1cc(C)c(C(C(N)=O)c2ccc(F)cc2)c(-c2ccccc2N)c1. The molecule has 0 bridgehead atoms. The first-order valence-electron chi connectivity index (χ1n) is 8.39. The minimum atomic E-state index is -0.689. The van der Waals surface area contributed by atoms with Crippen molar-refractivity contribution in [2.45, 2.75) is 19.8 Å². The average Bonchev–Trinajstić information content (AvgIpc) is 2.58. The molecule has 0 spiro atoms. The lowest BCUT2D eigenvalue weighted by Crippen LogP contribution is -2.24. The number of nitrogen functional groups attached to an aromatic ring is 1. The Morgan fingerprint density at radius 2 is 1.62 bits per heavy atom. The fourth-order valence-electron chi connectivity index (χ4n) is 3.46. The molecule has 0 saturated heterocycles. The zero-order valence-electron chi connectivity index (χ0n) is 14.8. The standard InChI is InChI=1S/C22H21FN2O/c1-13-11-14(2)20(18(12-13)17-5-3-4-6-19(17)24)21(22(25)26)15-7-9-16(23)10-8-15/h3-12,21H,24H2,1-2H3,(H2,25,26). The van der Waals surface area contributed by atoms with Gasteiger partial charge in [-0.1, -0.05) is 48.0 Å². The topological polar surface area (TPSA) is 69.1 Å². The smallest absolute Gasteiger partial charge is 0.229 e. The number of hydrogen-bond acceptors (Lipinski definition) is 2. The van der Waals surface area contributed by atoms with Gasteiger partial charge in [0.1, 0.15) is 5.82 Å². The molecule has 1 atom stereocenters. The number of para-hydroxylation sites is 1. The van der Waals surface area contributed by atoms with Crippen LogP contribution in [-0.4, -0.2) is 5.91 Å². The van der Waals surface area contributed by atoms with Crippen LogP contribution >= 0.6 is 0 Å². The summed E-state index contributed by atoms with van der Waals surface area (Å²) in [7, 11) is 0. The molecule has 4 heteroatoms. The highest BCUT2D eigenvalue weighted by molar-refractivity contribution is 5.91. The molecule has 0 aliphatic rings. The fourth-order valence-corrected chi connectivity index (χ4v) is 3.46. The van der Waals surface area contributed by atoms with Crippen LogP contribution in [0.15, 0.2) is 60.7 Å². The van der Waals surface area contributed by atoms with Crippen molar-refractivity contribution in [2.24, 2.45) is 5.73 Å². The number of rotatable bonds is 4. The third kappa shape index (κ3) is 3.31. The number of amides is 1. The zero-order valence-corrected chi connectivity index (χ0v) is 14.8. The van der Waals surface area contributed by atoms with Gasteiger partial charge in [-0.3, -0.25) is 4.79 Å². The van der Waals surface area contributed by atoms with Gasteiger partial charge in [0.25, 0.3) is 0 Å². The fraction of sp³-hybridized carbons (Fsp3) is 0.136. The van der Waals surface area contributed by atoms with Gasteiger partial charge in [-0.2, -0.15) is 0 Å². The predicted octanol–water partition coefficient (Wildman–Crippen LogP) is 4.31. The molecule has 1 unspecified atom stereocenters. The summed E-state index contributed by atoms with van der Waals surface area (Å²) in [5.41, 5.74) is 17.8. The first kappa shape index (κ1) is 17.7. The van der Waals surface area contributed by atoms with Crippen LogP contribution in [0.1, 0.15) is 28.2 Å². The van der Waals surface area contributed by atoms with Gasteiger partial charge in [-0.05, 0) is 54.3 Å². The van der Waals surface area contributed by atoms with Crippen molar-refractivity contribution in [1.29, 1.82) is 0 Å². The van der Waals surface area contributed by atoms with E-state index < -0.39 is 11.8 Å². The molecular formula is C22H21FN2O. The Bertz CT molecular complexity index is 964. The lowest BCUT2D eigenvalue weighted by atomic mass is 9.81. The first-order valence-corrected chi connectivity index (χ1v) is 8.39. The van der Waals surface area contributed by atoms with Crippen molar-refractivity contribution in [3.05, 3.63) is 88.7 Å². The average molecular weight is 348 g/mol. The molecule has 0 radical (unpaired) electrons. The van der Waals surface area contributed by atoms with Crippen molar-refractivity contribution < 1.29 is 9.18 Å². The van der Waals surface area contributed by atoms with Gasteiger partial charge in [-0.15, -0.1) is 0 Å². The summed E-state index contributed by atoms with van der Waals surface area (Å²) in [6.45, 7) is 3.95. The maximum Gasteiger partial charge on any atom is 0.229 e. The maximum absolute atomic E-state index is 13.4. The van der Waals surface area contributed by atoms with Gasteiger partial charge in [0.05, 0.1) is 5.92 Å². The third-order valence-corrected chi connectivity index (χ3v) is 4.56. The van der Waals surface area contributed by atoms with Crippen LogP contribution in [0.2, 0.25) is 0 Å². The largest absolute Gasteiger partial charge is 0.398 e. The van der Waals surface area contributed by atoms with E-state index in [4.69, 9.17) is 11.5 Å². The molecule has 3 nitrogen and oxygen atoms in total. The Morgan fingerprint density at radius 1 is 0.962 bits per heavy atom. The van der Waals surface area contributed by atoms with Crippen LogP contribution in [0, 0.1) is 19.7 Å². The van der Waals surface area contributed by atoms with E-state index >= 15 is 0 Å². The number of hydrogen-bond donors (Lipinski definition) is 2. The van der Waals surface area contributed by atoms with Crippen LogP contribution in [0.3, 0.4) is 0 Å². The van der Waals surface area contributed by atoms with E-state index in [1.54, 1.807) is 12.1 Å². The van der Waals surface area contributed by atoms with E-state index in [-0.39, 0.29) is 5.82 Å². The minimum Gasteiger partial charge on any atom is -0.398 e. The Morgan fingerprint density at radius 3 is 2.23 bits per heavy atom. The summed E-state index contributed by atoms with van der Waals surface area (Å²) in [5, 5.41) is 0. The van der Waals surface area contributed by atoms with Crippen LogP contribution < -0.4 is 11.5 Å². The molecule has 3 aromatic rings. The second-order valence-electron chi connectivity index (χ2n) is 6.52. The normalized spacial score (nSPS) is 12.0. The third-order valence-electron chi connectivity index (χ3n) is 4.56. The van der Waals surface area contributed by atoms with Crippen LogP contribution in [0.5, 0.6) is 0 Å². The Kier molecular flexibility index (Phi) is 4.76. The number of anilines is 1. The summed E-state index contributed by atoms with van der Waals surface area (Å²) < 4.78 is 13.4. The number of benzene rings is 3. The second kappa shape index (κ2) is 7.00. The molecule has 0 saturated carbocycles. The lowest BCUT2D eigenvalue weighted by Gasteiger charge is -2.22. The van der Waals surface area contributed by atoms with E-state index in [0.29, 0.717) is 11.3 Å². The van der Waals surface area contributed by atoms with Gasteiger partial charge >= 0.3 is 0 Å². The van der Waals surface area contributed by atoms with Crippen LogP contribution in [-0.2, 0) is 4.79 Å². The summed E-state index contributed by atoms with van der Waals surface area (Å²) >= 11 is 0. The molecule has 0 aliphatic heterocycles. The van der Waals surface area contributed by atoms with Gasteiger partial charge in [0.2, 0.25) is 5.91 Å². The molecule has 3 aromatic carbocycles. The highest BCUT2D eigenvalue weighted by Gasteiger charge is 2.26. The summed E-state index contributed by atoms with van der Waals surface area (Å²) in [6, 6.07) is 17.4. The molecule has 1 amide bonds. The van der Waals surface area contributed by atoms with Crippen molar-refractivity contribution in [3.63, 3.8) is 0 Å². The molecule has 3 rings (SSSR count). The monoisotopic (exact) mass is 348 g/mol. The summed E-state index contributed by atoms with van der Waals surface area (Å²) in [4.78, 5) is 12.4. The molecule has 26 heavy (non-hydrogen) atoms. The number of carbonyl (C=O) groups is 1. The Labute approximate surface area is 152 Å². The maximum atomic E-state index is 13.4. The van der Waals surface area contributed by atoms with E-state index in [9.17, 15) is 9.18 Å².